The lowest BCUT2D eigenvalue weighted by atomic mass is 10.1. The van der Waals surface area contributed by atoms with Gasteiger partial charge in [-0.1, -0.05) is 15.9 Å². The molecule has 11 heteroatoms. The lowest BCUT2D eigenvalue weighted by molar-refractivity contribution is 0.116. The van der Waals surface area contributed by atoms with Gasteiger partial charge in [0.1, 0.15) is 0 Å². The topological polar surface area (TPSA) is 82.0 Å². The molecule has 0 saturated carbocycles. The molecule has 3 aromatic heterocycles. The number of benzene rings is 1. The lowest BCUT2D eigenvalue weighted by Crippen LogP contribution is -2.36. The summed E-state index contributed by atoms with van der Waals surface area (Å²) in [6.07, 6.45) is 0.488. The van der Waals surface area contributed by atoms with Crippen LogP contribution in [-0.4, -0.2) is 49.4 Å². The quantitative estimate of drug-likeness (QED) is 0.392. The summed E-state index contributed by atoms with van der Waals surface area (Å²) in [6.45, 7) is 2.18. The molecule has 1 fully saturated rings. The van der Waals surface area contributed by atoms with E-state index in [2.05, 4.69) is 43.1 Å². The normalized spacial score (nSPS) is 15.7. The van der Waals surface area contributed by atoms with E-state index in [0.29, 0.717) is 11.3 Å². The highest BCUT2D eigenvalue weighted by molar-refractivity contribution is 9.10. The molecule has 1 aromatic carbocycles. The van der Waals surface area contributed by atoms with Crippen molar-refractivity contribution in [3.8, 4) is 11.5 Å². The van der Waals surface area contributed by atoms with E-state index in [9.17, 15) is 13.6 Å². The zero-order valence-corrected chi connectivity index (χ0v) is 19.4. The lowest BCUT2D eigenvalue weighted by Gasteiger charge is -2.29. The second-order valence-electron chi connectivity index (χ2n) is 8.19. The molecule has 1 saturated heterocycles. The number of likely N-dealkylation sites (tertiary alicyclic amines) is 1. The number of pyridine rings is 1. The Morgan fingerprint density at radius 1 is 1.15 bits per heavy atom. The van der Waals surface area contributed by atoms with Crippen LogP contribution in [0.2, 0.25) is 0 Å². The van der Waals surface area contributed by atoms with Gasteiger partial charge in [0.25, 0.3) is 5.89 Å². The third kappa shape index (κ3) is 4.22. The Hall–Kier alpha value is -2.92. The first kappa shape index (κ1) is 21.9. The molecule has 1 aliphatic heterocycles. The van der Waals surface area contributed by atoms with Gasteiger partial charge in [-0.25, -0.2) is 4.79 Å². The van der Waals surface area contributed by atoms with Crippen LogP contribution < -0.4 is 5.69 Å². The SMILES string of the molecule is CN1CCC(n2c(=O)n(Cc3ccc(-c4nnc(C(F)F)o4)cn3)c3ccc(Br)cc32)CC1. The largest absolute Gasteiger partial charge is 0.415 e. The van der Waals surface area contributed by atoms with Crippen molar-refractivity contribution in [3.05, 3.63) is 63.1 Å². The van der Waals surface area contributed by atoms with Gasteiger partial charge in [0.15, 0.2) is 0 Å². The number of fused-ring (bicyclic) bond motifs is 1. The second-order valence-corrected chi connectivity index (χ2v) is 9.11. The number of hydrogen-bond acceptors (Lipinski definition) is 6. The average molecular weight is 519 g/mol. The number of rotatable bonds is 5. The summed E-state index contributed by atoms with van der Waals surface area (Å²) in [5, 5.41) is 6.98. The van der Waals surface area contributed by atoms with Gasteiger partial charge in [0.2, 0.25) is 5.89 Å². The molecule has 33 heavy (non-hydrogen) atoms. The summed E-state index contributed by atoms with van der Waals surface area (Å²) in [4.78, 5) is 20.2. The molecule has 0 radical (unpaired) electrons. The van der Waals surface area contributed by atoms with Gasteiger partial charge in [0, 0.05) is 16.7 Å². The molecule has 172 valence electrons. The van der Waals surface area contributed by atoms with Gasteiger partial charge < -0.3 is 9.32 Å². The van der Waals surface area contributed by atoms with Crippen molar-refractivity contribution < 1.29 is 13.2 Å². The van der Waals surface area contributed by atoms with E-state index in [0.717, 1.165) is 41.4 Å². The Kier molecular flexibility index (Phi) is 5.83. The maximum atomic E-state index is 13.5. The number of piperidine rings is 1. The summed E-state index contributed by atoms with van der Waals surface area (Å²) < 4.78 is 34.9. The number of halogens is 3. The van der Waals surface area contributed by atoms with Gasteiger partial charge in [0.05, 0.1) is 28.8 Å². The molecule has 4 heterocycles. The van der Waals surface area contributed by atoms with Gasteiger partial charge in [-0.05, 0) is 63.3 Å². The van der Waals surface area contributed by atoms with Crippen molar-refractivity contribution >= 4 is 27.0 Å². The molecule has 1 aliphatic rings. The van der Waals surface area contributed by atoms with Gasteiger partial charge >= 0.3 is 12.1 Å². The summed E-state index contributed by atoms with van der Waals surface area (Å²) in [6, 6.07) is 9.38. The maximum absolute atomic E-state index is 13.5. The molecular weight excluding hydrogens is 498 g/mol. The highest BCUT2D eigenvalue weighted by atomic mass is 79.9. The summed E-state index contributed by atoms with van der Waals surface area (Å²) in [7, 11) is 2.09. The predicted octanol–water partition coefficient (Wildman–Crippen LogP) is 4.26. The molecule has 5 rings (SSSR count). The molecule has 0 unspecified atom stereocenters. The molecule has 4 aromatic rings. The minimum atomic E-state index is -2.83. The Morgan fingerprint density at radius 3 is 2.61 bits per heavy atom. The van der Waals surface area contributed by atoms with E-state index in [1.54, 1.807) is 16.7 Å². The van der Waals surface area contributed by atoms with Crippen molar-refractivity contribution in [2.45, 2.75) is 31.9 Å². The fourth-order valence-corrected chi connectivity index (χ4v) is 4.61. The van der Waals surface area contributed by atoms with Crippen LogP contribution in [0.15, 0.2) is 50.2 Å². The first-order chi connectivity index (χ1) is 15.9. The minimum Gasteiger partial charge on any atom is -0.415 e. The Balaban J connectivity index is 1.47. The Morgan fingerprint density at radius 2 is 1.94 bits per heavy atom. The van der Waals surface area contributed by atoms with Gasteiger partial charge in [-0.15, -0.1) is 10.2 Å². The standard InChI is InChI=1S/C22H21BrF2N6O2/c1-29-8-6-16(7-9-29)31-18-10-14(23)3-5-17(18)30(22(31)32)12-15-4-2-13(11-26-15)20-27-28-21(33-20)19(24)25/h2-5,10-11,16,19H,6-9,12H2,1H3. The molecule has 0 amide bonds. The van der Waals surface area contributed by atoms with Crippen LogP contribution in [0.1, 0.15) is 36.9 Å². The van der Waals surface area contributed by atoms with E-state index in [4.69, 9.17) is 4.42 Å². The van der Waals surface area contributed by atoms with E-state index >= 15 is 0 Å². The summed E-state index contributed by atoms with van der Waals surface area (Å²) >= 11 is 3.53. The van der Waals surface area contributed by atoms with Crippen LogP contribution in [0.4, 0.5) is 8.78 Å². The van der Waals surface area contributed by atoms with Crippen LogP contribution in [0.5, 0.6) is 0 Å². The van der Waals surface area contributed by atoms with Crippen molar-refractivity contribution in [2.75, 3.05) is 20.1 Å². The maximum Gasteiger partial charge on any atom is 0.329 e. The fourth-order valence-electron chi connectivity index (χ4n) is 4.26. The summed E-state index contributed by atoms with van der Waals surface area (Å²) in [5.41, 5.74) is 2.75. The number of aromatic nitrogens is 5. The molecule has 8 nitrogen and oxygen atoms in total. The molecule has 0 aliphatic carbocycles. The molecule has 0 atom stereocenters. The highest BCUT2D eigenvalue weighted by Gasteiger charge is 2.24. The van der Waals surface area contributed by atoms with Gasteiger partial charge in [-0.3, -0.25) is 14.1 Å². The van der Waals surface area contributed by atoms with Crippen molar-refractivity contribution in [1.29, 1.82) is 0 Å². The van der Waals surface area contributed by atoms with Crippen LogP contribution in [0.3, 0.4) is 0 Å². The van der Waals surface area contributed by atoms with Crippen LogP contribution in [0, 0.1) is 0 Å². The molecule has 0 spiro atoms. The molecule has 0 bridgehead atoms. The minimum absolute atomic E-state index is 0.0229. The van der Waals surface area contributed by atoms with E-state index in [-0.39, 0.29) is 24.2 Å². The monoisotopic (exact) mass is 518 g/mol. The molecular formula is C22H21BrF2N6O2. The fraction of sp³-hybridized carbons (Fsp3) is 0.364. The Bertz CT molecular complexity index is 1340. The number of alkyl halides is 2. The third-order valence-corrected chi connectivity index (χ3v) is 6.49. The van der Waals surface area contributed by atoms with E-state index < -0.39 is 12.3 Å². The number of hydrogen-bond donors (Lipinski definition) is 0. The van der Waals surface area contributed by atoms with Crippen molar-refractivity contribution in [2.24, 2.45) is 0 Å². The number of imidazole rings is 1. The van der Waals surface area contributed by atoms with Crippen molar-refractivity contribution in [1.82, 2.24) is 29.2 Å². The highest BCUT2D eigenvalue weighted by Crippen LogP contribution is 2.28. The van der Waals surface area contributed by atoms with Crippen LogP contribution in [0.25, 0.3) is 22.5 Å². The average Bonchev–Trinajstić information content (AvgIpc) is 3.39. The third-order valence-electron chi connectivity index (χ3n) is 6.00. The van der Waals surface area contributed by atoms with E-state index in [1.807, 2.05) is 22.8 Å². The van der Waals surface area contributed by atoms with Gasteiger partial charge in [-0.2, -0.15) is 8.78 Å². The summed E-state index contributed by atoms with van der Waals surface area (Å²) in [5.74, 6) is -0.751. The zero-order valence-electron chi connectivity index (χ0n) is 17.8. The zero-order chi connectivity index (χ0) is 23.1. The first-order valence-corrected chi connectivity index (χ1v) is 11.4. The van der Waals surface area contributed by atoms with E-state index in [1.165, 1.54) is 6.20 Å². The second kappa shape index (κ2) is 8.79. The number of nitrogens with zero attached hydrogens (tertiary/aromatic N) is 6. The predicted molar refractivity (Wildman–Crippen MR) is 121 cm³/mol. The smallest absolute Gasteiger partial charge is 0.329 e. The van der Waals surface area contributed by atoms with Crippen LogP contribution >= 0.6 is 15.9 Å². The molecule has 0 N–H and O–H groups in total. The van der Waals surface area contributed by atoms with Crippen molar-refractivity contribution in [3.63, 3.8) is 0 Å². The Labute approximate surface area is 196 Å². The first-order valence-electron chi connectivity index (χ1n) is 10.6. The van der Waals surface area contributed by atoms with Crippen LogP contribution in [-0.2, 0) is 6.54 Å².